The molecule has 0 atom stereocenters. The van der Waals surface area contributed by atoms with Gasteiger partial charge in [-0.2, -0.15) is 0 Å². The maximum atomic E-state index is 11.3. The van der Waals surface area contributed by atoms with Crippen molar-refractivity contribution in [2.45, 2.75) is 25.2 Å². The summed E-state index contributed by atoms with van der Waals surface area (Å²) in [6, 6.07) is 8.13. The van der Waals surface area contributed by atoms with Crippen molar-refractivity contribution in [3.05, 3.63) is 35.5 Å². The number of hydrogen-bond donors (Lipinski definition) is 1. The standard InChI is InChI=1S/C14H15NO2/c1-9-7-10-8-11(3-4-12(10)15(9)2)14(5-6-14)13(16)17/h3-4,7-8H,5-6H2,1-2H3,(H,16,17). The molecule has 1 fully saturated rings. The van der Waals surface area contributed by atoms with Crippen molar-refractivity contribution >= 4 is 16.9 Å². The predicted molar refractivity (Wildman–Crippen MR) is 66.2 cm³/mol. The summed E-state index contributed by atoms with van der Waals surface area (Å²) in [7, 11) is 2.03. The van der Waals surface area contributed by atoms with Crippen molar-refractivity contribution < 1.29 is 9.90 Å². The minimum Gasteiger partial charge on any atom is -0.481 e. The van der Waals surface area contributed by atoms with E-state index in [-0.39, 0.29) is 0 Å². The monoisotopic (exact) mass is 229 g/mol. The van der Waals surface area contributed by atoms with E-state index in [0.717, 1.165) is 29.3 Å². The first-order valence-corrected chi connectivity index (χ1v) is 5.84. The van der Waals surface area contributed by atoms with Gasteiger partial charge in [-0.15, -0.1) is 0 Å². The van der Waals surface area contributed by atoms with Crippen LogP contribution in [0.3, 0.4) is 0 Å². The average molecular weight is 229 g/mol. The van der Waals surface area contributed by atoms with Gasteiger partial charge in [0.2, 0.25) is 0 Å². The molecule has 0 radical (unpaired) electrons. The van der Waals surface area contributed by atoms with Crippen LogP contribution in [0.4, 0.5) is 0 Å². The van der Waals surface area contributed by atoms with Crippen LogP contribution in [-0.4, -0.2) is 15.6 Å². The number of aliphatic carboxylic acids is 1. The fourth-order valence-corrected chi connectivity index (χ4v) is 2.54. The molecular weight excluding hydrogens is 214 g/mol. The van der Waals surface area contributed by atoms with E-state index in [4.69, 9.17) is 0 Å². The second kappa shape index (κ2) is 3.13. The molecular formula is C14H15NO2. The van der Waals surface area contributed by atoms with Crippen LogP contribution in [-0.2, 0) is 17.3 Å². The number of benzene rings is 1. The molecule has 1 aromatic heterocycles. The maximum Gasteiger partial charge on any atom is 0.314 e. The number of rotatable bonds is 2. The normalized spacial score (nSPS) is 17.3. The zero-order chi connectivity index (χ0) is 12.2. The topological polar surface area (TPSA) is 42.2 Å². The number of aromatic nitrogens is 1. The summed E-state index contributed by atoms with van der Waals surface area (Å²) in [5.41, 5.74) is 2.70. The number of nitrogens with zero attached hydrogens (tertiary/aromatic N) is 1. The SMILES string of the molecule is Cc1cc2cc(C3(C(=O)O)CC3)ccc2n1C. The Morgan fingerprint density at radius 2 is 2.06 bits per heavy atom. The lowest BCUT2D eigenvalue weighted by molar-refractivity contribution is -0.140. The van der Waals surface area contributed by atoms with Crippen molar-refractivity contribution in [3.63, 3.8) is 0 Å². The molecule has 3 rings (SSSR count). The van der Waals surface area contributed by atoms with Crippen molar-refractivity contribution in [3.8, 4) is 0 Å². The lowest BCUT2D eigenvalue weighted by Crippen LogP contribution is -2.19. The zero-order valence-electron chi connectivity index (χ0n) is 10.0. The van der Waals surface area contributed by atoms with Gasteiger partial charge in [-0.3, -0.25) is 4.79 Å². The molecule has 1 heterocycles. The van der Waals surface area contributed by atoms with E-state index in [1.807, 2.05) is 25.2 Å². The summed E-state index contributed by atoms with van der Waals surface area (Å²) in [6.45, 7) is 2.06. The van der Waals surface area contributed by atoms with Crippen LogP contribution >= 0.6 is 0 Å². The van der Waals surface area contributed by atoms with Gasteiger partial charge in [0.25, 0.3) is 0 Å². The van der Waals surface area contributed by atoms with Gasteiger partial charge in [0.05, 0.1) is 5.41 Å². The van der Waals surface area contributed by atoms with E-state index in [9.17, 15) is 9.90 Å². The lowest BCUT2D eigenvalue weighted by Gasteiger charge is -2.10. The van der Waals surface area contributed by atoms with Crippen molar-refractivity contribution in [1.82, 2.24) is 4.57 Å². The minimum atomic E-state index is -0.690. The molecule has 0 unspecified atom stereocenters. The number of carbonyl (C=O) groups is 1. The van der Waals surface area contributed by atoms with Gasteiger partial charge in [-0.05, 0) is 43.5 Å². The predicted octanol–water partition coefficient (Wildman–Crippen LogP) is 2.60. The Hall–Kier alpha value is -1.77. The second-order valence-electron chi connectivity index (χ2n) is 5.01. The molecule has 1 aliphatic rings. The maximum absolute atomic E-state index is 11.3. The highest BCUT2D eigenvalue weighted by Crippen LogP contribution is 2.49. The molecule has 0 amide bonds. The van der Waals surface area contributed by atoms with Crippen molar-refractivity contribution in [2.24, 2.45) is 7.05 Å². The number of hydrogen-bond acceptors (Lipinski definition) is 1. The number of carboxylic acid groups (broad SMARTS) is 1. The van der Waals surface area contributed by atoms with Crippen molar-refractivity contribution in [2.75, 3.05) is 0 Å². The Morgan fingerprint density at radius 1 is 1.35 bits per heavy atom. The molecule has 0 saturated heterocycles. The first kappa shape index (κ1) is 10.4. The van der Waals surface area contributed by atoms with Crippen LogP contribution in [0.5, 0.6) is 0 Å². The lowest BCUT2D eigenvalue weighted by atomic mass is 9.95. The molecule has 0 spiro atoms. The van der Waals surface area contributed by atoms with E-state index in [1.165, 1.54) is 5.69 Å². The summed E-state index contributed by atoms with van der Waals surface area (Å²) in [5.74, 6) is -0.690. The molecule has 1 aromatic carbocycles. The van der Waals surface area contributed by atoms with Crippen LogP contribution in [0.15, 0.2) is 24.3 Å². The fourth-order valence-electron chi connectivity index (χ4n) is 2.54. The summed E-state index contributed by atoms with van der Waals surface area (Å²) < 4.78 is 2.12. The van der Waals surface area contributed by atoms with Gasteiger partial charge >= 0.3 is 5.97 Å². The highest BCUT2D eigenvalue weighted by Gasteiger charge is 2.51. The van der Waals surface area contributed by atoms with Crippen LogP contribution < -0.4 is 0 Å². The van der Waals surface area contributed by atoms with Gasteiger partial charge in [0.1, 0.15) is 0 Å². The third kappa shape index (κ3) is 1.32. The average Bonchev–Trinajstić information content (AvgIpc) is 3.04. The van der Waals surface area contributed by atoms with E-state index in [1.54, 1.807) is 0 Å². The second-order valence-corrected chi connectivity index (χ2v) is 5.01. The molecule has 0 bridgehead atoms. The van der Waals surface area contributed by atoms with Gasteiger partial charge in [-0.1, -0.05) is 6.07 Å². The summed E-state index contributed by atoms with van der Waals surface area (Å²) >= 11 is 0. The van der Waals surface area contributed by atoms with Crippen LogP contribution in [0.1, 0.15) is 24.1 Å². The third-order valence-electron chi connectivity index (χ3n) is 3.99. The minimum absolute atomic E-state index is 0.599. The van der Waals surface area contributed by atoms with Gasteiger partial charge < -0.3 is 9.67 Å². The molecule has 1 aliphatic carbocycles. The summed E-state index contributed by atoms with van der Waals surface area (Å²) in [6.07, 6.45) is 1.53. The first-order valence-electron chi connectivity index (χ1n) is 5.84. The number of carboxylic acids is 1. The number of fused-ring (bicyclic) bond motifs is 1. The van der Waals surface area contributed by atoms with E-state index >= 15 is 0 Å². The van der Waals surface area contributed by atoms with E-state index in [2.05, 4.69) is 17.6 Å². The Morgan fingerprint density at radius 3 is 2.65 bits per heavy atom. The third-order valence-corrected chi connectivity index (χ3v) is 3.99. The molecule has 1 saturated carbocycles. The molecule has 17 heavy (non-hydrogen) atoms. The van der Waals surface area contributed by atoms with Crippen LogP contribution in [0.2, 0.25) is 0 Å². The smallest absolute Gasteiger partial charge is 0.314 e. The van der Waals surface area contributed by atoms with Gasteiger partial charge in [0, 0.05) is 23.6 Å². The summed E-state index contributed by atoms with van der Waals surface area (Å²) in [5, 5.41) is 10.4. The van der Waals surface area contributed by atoms with Gasteiger partial charge in [-0.25, -0.2) is 0 Å². The van der Waals surface area contributed by atoms with E-state index in [0.29, 0.717) is 0 Å². The Kier molecular flexibility index (Phi) is 1.91. The fraction of sp³-hybridized carbons (Fsp3) is 0.357. The largest absolute Gasteiger partial charge is 0.481 e. The molecule has 1 N–H and O–H groups in total. The van der Waals surface area contributed by atoms with Crippen LogP contribution in [0, 0.1) is 6.92 Å². The summed E-state index contributed by atoms with van der Waals surface area (Å²) in [4.78, 5) is 11.3. The van der Waals surface area contributed by atoms with Crippen molar-refractivity contribution in [1.29, 1.82) is 0 Å². The van der Waals surface area contributed by atoms with Gasteiger partial charge in [0.15, 0.2) is 0 Å². The molecule has 3 heteroatoms. The Balaban J connectivity index is 2.18. The Bertz CT molecular complexity index is 620. The first-order chi connectivity index (χ1) is 8.04. The molecule has 3 nitrogen and oxygen atoms in total. The number of aryl methyl sites for hydroxylation is 2. The van der Waals surface area contributed by atoms with Crippen LogP contribution in [0.25, 0.3) is 10.9 Å². The Labute approximate surface area is 99.7 Å². The van der Waals surface area contributed by atoms with E-state index < -0.39 is 11.4 Å². The highest BCUT2D eigenvalue weighted by atomic mass is 16.4. The quantitative estimate of drug-likeness (QED) is 0.860. The molecule has 88 valence electrons. The highest BCUT2D eigenvalue weighted by molar-refractivity contribution is 5.88. The zero-order valence-corrected chi connectivity index (χ0v) is 10.0. The molecule has 0 aliphatic heterocycles. The molecule has 2 aromatic rings.